The summed E-state index contributed by atoms with van der Waals surface area (Å²) in [7, 11) is 0. The molecule has 1 unspecified atom stereocenters. The average molecular weight is 191 g/mol. The molecule has 0 bridgehead atoms. The maximum atomic E-state index is 11.0. The van der Waals surface area contributed by atoms with Gasteiger partial charge in [0.15, 0.2) is 0 Å². The number of rotatable bonds is 2. The molecule has 13 heavy (non-hydrogen) atoms. The molecule has 0 amide bonds. The summed E-state index contributed by atoms with van der Waals surface area (Å²) in [5.41, 5.74) is -3.52. The van der Waals surface area contributed by atoms with Gasteiger partial charge in [0, 0.05) is 6.92 Å². The van der Waals surface area contributed by atoms with E-state index in [1.165, 1.54) is 0 Å². The minimum Gasteiger partial charge on any atom is -0.453 e. The van der Waals surface area contributed by atoms with Gasteiger partial charge in [-0.2, -0.15) is 0 Å². The van der Waals surface area contributed by atoms with E-state index in [2.05, 4.69) is 4.74 Å². The minimum atomic E-state index is -2.67. The van der Waals surface area contributed by atoms with Gasteiger partial charge in [-0.3, -0.25) is 10.1 Å². The van der Waals surface area contributed by atoms with Gasteiger partial charge >= 0.3 is 11.7 Å². The fourth-order valence-electron chi connectivity index (χ4n) is 0.449. The van der Waals surface area contributed by atoms with Crippen LogP contribution in [-0.2, 0) is 9.53 Å². The Balaban J connectivity index is 4.53. The van der Waals surface area contributed by atoms with Crippen molar-refractivity contribution in [2.75, 3.05) is 0 Å². The van der Waals surface area contributed by atoms with Gasteiger partial charge in [-0.15, -0.1) is 0 Å². The number of hydrogen-bond donors (Lipinski definition) is 1. The largest absolute Gasteiger partial charge is 0.453 e. The predicted molar refractivity (Wildman–Crippen MR) is 43.5 cm³/mol. The third kappa shape index (κ3) is 3.37. The van der Waals surface area contributed by atoms with E-state index in [9.17, 15) is 14.9 Å². The van der Waals surface area contributed by atoms with Gasteiger partial charge in [0.1, 0.15) is 5.60 Å². The lowest BCUT2D eigenvalue weighted by molar-refractivity contribution is -0.602. The molecule has 76 valence electrons. The molecule has 0 aromatic heterocycles. The van der Waals surface area contributed by atoms with Crippen molar-refractivity contribution < 1.29 is 19.6 Å². The van der Waals surface area contributed by atoms with Crippen LogP contribution in [0.5, 0.6) is 0 Å². The number of nitrogens with zero attached hydrogens (tertiary/aromatic N) is 1. The lowest BCUT2D eigenvalue weighted by Crippen LogP contribution is -2.47. The highest BCUT2D eigenvalue weighted by Gasteiger charge is 2.47. The molecule has 6 heteroatoms. The van der Waals surface area contributed by atoms with E-state index < -0.39 is 22.2 Å². The van der Waals surface area contributed by atoms with Crippen molar-refractivity contribution >= 4 is 5.97 Å². The second-order valence-electron chi connectivity index (χ2n) is 3.78. The molecule has 1 N–H and O–H groups in total. The van der Waals surface area contributed by atoms with E-state index in [1.54, 1.807) is 20.8 Å². The normalized spacial score (nSPS) is 16.1. The molecule has 0 saturated carbocycles. The van der Waals surface area contributed by atoms with Gasteiger partial charge in [0.05, 0.1) is 4.92 Å². The summed E-state index contributed by atoms with van der Waals surface area (Å²) in [6.45, 7) is 5.45. The van der Waals surface area contributed by atoms with Crippen LogP contribution in [0.1, 0.15) is 27.7 Å². The summed E-state index contributed by atoms with van der Waals surface area (Å²) in [5.74, 6) is -1.26. The summed E-state index contributed by atoms with van der Waals surface area (Å²) >= 11 is 0. The zero-order valence-electron chi connectivity index (χ0n) is 8.03. The summed E-state index contributed by atoms with van der Waals surface area (Å²) in [4.78, 5) is 20.1. The van der Waals surface area contributed by atoms with Gasteiger partial charge < -0.3 is 9.84 Å². The molecule has 0 aromatic rings. The smallest absolute Gasteiger partial charge is 0.417 e. The Kier molecular flexibility index (Phi) is 3.00. The number of esters is 1. The van der Waals surface area contributed by atoms with Crippen molar-refractivity contribution in [2.45, 2.75) is 39.0 Å². The van der Waals surface area contributed by atoms with E-state index in [0.717, 1.165) is 6.92 Å². The molecule has 0 aliphatic heterocycles. The van der Waals surface area contributed by atoms with E-state index in [-0.39, 0.29) is 0 Å². The Hall–Kier alpha value is -1.17. The molecule has 0 aliphatic carbocycles. The van der Waals surface area contributed by atoms with Crippen molar-refractivity contribution in [1.82, 2.24) is 0 Å². The molecule has 0 heterocycles. The monoisotopic (exact) mass is 191 g/mol. The average Bonchev–Trinajstić information content (AvgIpc) is 1.82. The van der Waals surface area contributed by atoms with Crippen LogP contribution in [0.15, 0.2) is 0 Å². The van der Waals surface area contributed by atoms with Gasteiger partial charge in [-0.1, -0.05) is 0 Å². The zero-order chi connectivity index (χ0) is 10.9. The second kappa shape index (κ2) is 3.29. The molecule has 1 atom stereocenters. The Labute approximate surface area is 75.7 Å². The Morgan fingerprint density at radius 1 is 1.38 bits per heavy atom. The number of carbonyl (C=O) groups is 1. The third-order valence-electron chi connectivity index (χ3n) is 1.14. The zero-order valence-corrected chi connectivity index (χ0v) is 8.03. The first-order valence-electron chi connectivity index (χ1n) is 3.67. The summed E-state index contributed by atoms with van der Waals surface area (Å²) in [6.07, 6.45) is 0. The number of nitro groups is 1. The van der Waals surface area contributed by atoms with Gasteiger partial charge in [-0.05, 0) is 20.8 Å². The number of carbonyl (C=O) groups excluding carboxylic acids is 1. The third-order valence-corrected chi connectivity index (χ3v) is 1.14. The van der Waals surface area contributed by atoms with Crippen molar-refractivity contribution in [1.29, 1.82) is 0 Å². The first-order valence-corrected chi connectivity index (χ1v) is 3.67. The van der Waals surface area contributed by atoms with Gasteiger partial charge in [0.2, 0.25) is 0 Å². The van der Waals surface area contributed by atoms with Crippen LogP contribution in [0.25, 0.3) is 0 Å². The van der Waals surface area contributed by atoms with Gasteiger partial charge in [0.25, 0.3) is 0 Å². The molecule has 0 aliphatic rings. The SMILES string of the molecule is CC(C)(C)OC(=O)C(C)(O)[N+](=O)[O-]. The molecule has 6 nitrogen and oxygen atoms in total. The van der Waals surface area contributed by atoms with Crippen LogP contribution in [0, 0.1) is 10.1 Å². The van der Waals surface area contributed by atoms with Crippen molar-refractivity contribution in [3.05, 3.63) is 10.1 Å². The van der Waals surface area contributed by atoms with Crippen LogP contribution in [-0.4, -0.2) is 27.3 Å². The summed E-state index contributed by atoms with van der Waals surface area (Å²) < 4.78 is 4.63. The highest BCUT2D eigenvalue weighted by atomic mass is 16.7. The standard InChI is InChI=1S/C7H13NO5/c1-6(2,3)13-5(9)7(4,10)8(11)12/h10H,1-4H3. The molecule has 0 spiro atoms. The fourth-order valence-corrected chi connectivity index (χ4v) is 0.449. The molecule has 0 aromatic carbocycles. The van der Waals surface area contributed by atoms with Gasteiger partial charge in [-0.25, -0.2) is 4.79 Å². The second-order valence-corrected chi connectivity index (χ2v) is 3.78. The Bertz CT molecular complexity index is 228. The predicted octanol–water partition coefficient (Wildman–Crippen LogP) is 0.313. The summed E-state index contributed by atoms with van der Waals surface area (Å²) in [5, 5.41) is 19.3. The molecule has 0 fully saturated rings. The van der Waals surface area contributed by atoms with E-state index in [4.69, 9.17) is 5.11 Å². The van der Waals surface area contributed by atoms with Crippen molar-refractivity contribution in [3.63, 3.8) is 0 Å². The maximum absolute atomic E-state index is 11.0. The summed E-state index contributed by atoms with van der Waals surface area (Å²) in [6, 6.07) is 0. The van der Waals surface area contributed by atoms with E-state index in [1.807, 2.05) is 0 Å². The van der Waals surface area contributed by atoms with Crippen LogP contribution < -0.4 is 0 Å². The quantitative estimate of drug-likeness (QED) is 0.293. The molecule has 0 radical (unpaired) electrons. The number of ether oxygens (including phenoxy) is 1. The molecule has 0 saturated heterocycles. The lowest BCUT2D eigenvalue weighted by Gasteiger charge is -2.22. The van der Waals surface area contributed by atoms with Crippen LogP contribution >= 0.6 is 0 Å². The molecular formula is C7H13NO5. The minimum absolute atomic E-state index is 0.779. The van der Waals surface area contributed by atoms with Crippen LogP contribution in [0.3, 0.4) is 0 Å². The molecular weight excluding hydrogens is 178 g/mol. The van der Waals surface area contributed by atoms with Crippen LogP contribution in [0.2, 0.25) is 0 Å². The highest BCUT2D eigenvalue weighted by molar-refractivity contribution is 5.76. The number of hydrogen-bond acceptors (Lipinski definition) is 5. The first-order chi connectivity index (χ1) is 5.57. The highest BCUT2D eigenvalue weighted by Crippen LogP contribution is 2.14. The van der Waals surface area contributed by atoms with Crippen molar-refractivity contribution in [2.24, 2.45) is 0 Å². The molecule has 0 rings (SSSR count). The van der Waals surface area contributed by atoms with E-state index >= 15 is 0 Å². The maximum Gasteiger partial charge on any atom is 0.417 e. The van der Waals surface area contributed by atoms with Crippen molar-refractivity contribution in [3.8, 4) is 0 Å². The Morgan fingerprint density at radius 3 is 2.00 bits per heavy atom. The first kappa shape index (κ1) is 11.8. The Morgan fingerprint density at radius 2 is 1.77 bits per heavy atom. The number of aliphatic hydroxyl groups is 1. The fraction of sp³-hybridized carbons (Fsp3) is 0.857. The van der Waals surface area contributed by atoms with Crippen LogP contribution in [0.4, 0.5) is 0 Å². The lowest BCUT2D eigenvalue weighted by atomic mass is 10.2. The topological polar surface area (TPSA) is 89.7 Å². The van der Waals surface area contributed by atoms with E-state index in [0.29, 0.717) is 0 Å².